The van der Waals surface area contributed by atoms with Crippen molar-refractivity contribution in [2.45, 2.75) is 38.3 Å². The maximum Gasteiger partial charge on any atom is 0.128 e. The Morgan fingerprint density at radius 3 is 2.84 bits per heavy atom. The van der Waals surface area contributed by atoms with Gasteiger partial charge in [0.05, 0.1) is 6.61 Å². The number of rotatable bonds is 4. The molecule has 2 aliphatic heterocycles. The standard InChI is InChI=1S/C15H23N3O/c1-2-8-18(7-1)15-6-5-13(11-17-15)10-16-14-4-3-9-19-12-14/h5-6,11,14,16H,1-4,7-10,12H2/t14-/m0/s1. The van der Waals surface area contributed by atoms with Crippen LogP contribution in [0.3, 0.4) is 0 Å². The number of aromatic nitrogens is 1. The average Bonchev–Trinajstić information content (AvgIpc) is 3.01. The molecular formula is C15H23N3O. The van der Waals surface area contributed by atoms with Crippen LogP contribution in [-0.4, -0.2) is 37.3 Å². The second kappa shape index (κ2) is 6.35. The molecule has 2 aliphatic rings. The summed E-state index contributed by atoms with van der Waals surface area (Å²) in [5.74, 6) is 1.13. The summed E-state index contributed by atoms with van der Waals surface area (Å²) in [5.41, 5.74) is 1.26. The van der Waals surface area contributed by atoms with Crippen molar-refractivity contribution in [1.82, 2.24) is 10.3 Å². The van der Waals surface area contributed by atoms with Crippen LogP contribution in [0.4, 0.5) is 5.82 Å². The Kier molecular flexibility index (Phi) is 4.30. The van der Waals surface area contributed by atoms with Crippen molar-refractivity contribution in [3.05, 3.63) is 23.9 Å². The van der Waals surface area contributed by atoms with Crippen LogP contribution in [0.2, 0.25) is 0 Å². The summed E-state index contributed by atoms with van der Waals surface area (Å²) in [6, 6.07) is 4.85. The number of nitrogens with one attached hydrogen (secondary N) is 1. The topological polar surface area (TPSA) is 37.4 Å². The molecule has 2 fully saturated rings. The molecule has 0 amide bonds. The van der Waals surface area contributed by atoms with Crippen molar-refractivity contribution in [2.75, 3.05) is 31.2 Å². The van der Waals surface area contributed by atoms with Gasteiger partial charge in [0.2, 0.25) is 0 Å². The summed E-state index contributed by atoms with van der Waals surface area (Å²) >= 11 is 0. The largest absolute Gasteiger partial charge is 0.380 e. The van der Waals surface area contributed by atoms with E-state index in [2.05, 4.69) is 27.3 Å². The molecule has 1 atom stereocenters. The monoisotopic (exact) mass is 261 g/mol. The van der Waals surface area contributed by atoms with E-state index in [1.807, 2.05) is 6.20 Å². The van der Waals surface area contributed by atoms with Crippen molar-refractivity contribution < 1.29 is 4.74 Å². The van der Waals surface area contributed by atoms with Gasteiger partial charge in [0, 0.05) is 38.5 Å². The maximum absolute atomic E-state index is 5.47. The normalized spacial score (nSPS) is 23.8. The Morgan fingerprint density at radius 1 is 1.26 bits per heavy atom. The first kappa shape index (κ1) is 12.9. The predicted octanol–water partition coefficient (Wildman–Crippen LogP) is 1.95. The van der Waals surface area contributed by atoms with Crippen LogP contribution >= 0.6 is 0 Å². The van der Waals surface area contributed by atoms with Gasteiger partial charge in [-0.05, 0) is 37.3 Å². The first-order chi connectivity index (χ1) is 9.42. The molecule has 0 unspecified atom stereocenters. The molecule has 3 heterocycles. The van der Waals surface area contributed by atoms with Crippen molar-refractivity contribution in [1.29, 1.82) is 0 Å². The molecule has 0 bridgehead atoms. The highest BCUT2D eigenvalue weighted by atomic mass is 16.5. The summed E-state index contributed by atoms with van der Waals surface area (Å²) in [4.78, 5) is 6.95. The quantitative estimate of drug-likeness (QED) is 0.899. The number of ether oxygens (including phenoxy) is 1. The van der Waals surface area contributed by atoms with E-state index in [4.69, 9.17) is 4.74 Å². The van der Waals surface area contributed by atoms with E-state index in [0.717, 1.165) is 38.7 Å². The fourth-order valence-electron chi connectivity index (χ4n) is 2.82. The van der Waals surface area contributed by atoms with Crippen LogP contribution in [-0.2, 0) is 11.3 Å². The molecule has 4 heteroatoms. The van der Waals surface area contributed by atoms with Gasteiger partial charge >= 0.3 is 0 Å². The molecule has 19 heavy (non-hydrogen) atoms. The highest BCUT2D eigenvalue weighted by Crippen LogP contribution is 2.17. The Balaban J connectivity index is 1.50. The zero-order valence-corrected chi connectivity index (χ0v) is 11.5. The molecule has 4 nitrogen and oxygen atoms in total. The summed E-state index contributed by atoms with van der Waals surface area (Å²) in [7, 11) is 0. The van der Waals surface area contributed by atoms with Gasteiger partial charge in [-0.1, -0.05) is 6.07 Å². The summed E-state index contributed by atoms with van der Waals surface area (Å²) in [6.07, 6.45) is 6.99. The van der Waals surface area contributed by atoms with Crippen LogP contribution in [0, 0.1) is 0 Å². The lowest BCUT2D eigenvalue weighted by atomic mass is 10.1. The highest BCUT2D eigenvalue weighted by Gasteiger charge is 2.14. The number of hydrogen-bond donors (Lipinski definition) is 1. The smallest absolute Gasteiger partial charge is 0.128 e. The van der Waals surface area contributed by atoms with E-state index < -0.39 is 0 Å². The SMILES string of the molecule is c1cc(N2CCCC2)ncc1CN[C@H]1CCCOC1. The number of pyridine rings is 1. The molecule has 0 spiro atoms. The molecule has 2 saturated heterocycles. The molecule has 1 N–H and O–H groups in total. The van der Waals surface area contributed by atoms with Gasteiger partial charge in [-0.15, -0.1) is 0 Å². The second-order valence-corrected chi connectivity index (χ2v) is 5.51. The van der Waals surface area contributed by atoms with Crippen molar-refractivity contribution in [2.24, 2.45) is 0 Å². The minimum atomic E-state index is 0.506. The molecule has 0 aromatic carbocycles. The second-order valence-electron chi connectivity index (χ2n) is 5.51. The highest BCUT2D eigenvalue weighted by molar-refractivity contribution is 5.40. The van der Waals surface area contributed by atoms with Gasteiger partial charge in [0.15, 0.2) is 0 Å². The zero-order valence-electron chi connectivity index (χ0n) is 11.5. The third-order valence-corrected chi connectivity index (χ3v) is 3.99. The molecule has 0 radical (unpaired) electrons. The van der Waals surface area contributed by atoms with Crippen LogP contribution in [0.1, 0.15) is 31.2 Å². The van der Waals surface area contributed by atoms with Crippen LogP contribution < -0.4 is 10.2 Å². The molecule has 0 saturated carbocycles. The Labute approximate surface area is 115 Å². The van der Waals surface area contributed by atoms with Gasteiger partial charge in [0.25, 0.3) is 0 Å². The summed E-state index contributed by atoms with van der Waals surface area (Å²) < 4.78 is 5.47. The fourth-order valence-corrected chi connectivity index (χ4v) is 2.82. The first-order valence-corrected chi connectivity index (χ1v) is 7.43. The molecule has 104 valence electrons. The lowest BCUT2D eigenvalue weighted by Gasteiger charge is -2.23. The summed E-state index contributed by atoms with van der Waals surface area (Å²) in [5, 5.41) is 3.55. The van der Waals surface area contributed by atoms with Crippen LogP contribution in [0.25, 0.3) is 0 Å². The zero-order chi connectivity index (χ0) is 12.9. The molecule has 1 aromatic rings. The van der Waals surface area contributed by atoms with Gasteiger partial charge in [-0.3, -0.25) is 0 Å². The van der Waals surface area contributed by atoms with E-state index >= 15 is 0 Å². The van der Waals surface area contributed by atoms with Crippen molar-refractivity contribution >= 4 is 5.82 Å². The number of nitrogens with zero attached hydrogens (tertiary/aromatic N) is 2. The Bertz CT molecular complexity index is 381. The average molecular weight is 261 g/mol. The number of anilines is 1. The fraction of sp³-hybridized carbons (Fsp3) is 0.667. The summed E-state index contributed by atoms with van der Waals surface area (Å²) in [6.45, 7) is 4.97. The maximum atomic E-state index is 5.47. The van der Waals surface area contributed by atoms with E-state index in [1.165, 1.54) is 31.2 Å². The molecular weight excluding hydrogens is 238 g/mol. The van der Waals surface area contributed by atoms with Crippen LogP contribution in [0.5, 0.6) is 0 Å². The molecule has 3 rings (SSSR count). The lowest BCUT2D eigenvalue weighted by molar-refractivity contribution is 0.0699. The van der Waals surface area contributed by atoms with E-state index in [9.17, 15) is 0 Å². The third kappa shape index (κ3) is 3.45. The minimum absolute atomic E-state index is 0.506. The van der Waals surface area contributed by atoms with Crippen molar-refractivity contribution in [3.63, 3.8) is 0 Å². The van der Waals surface area contributed by atoms with E-state index in [0.29, 0.717) is 6.04 Å². The van der Waals surface area contributed by atoms with Crippen molar-refractivity contribution in [3.8, 4) is 0 Å². The van der Waals surface area contributed by atoms with E-state index in [-0.39, 0.29) is 0 Å². The van der Waals surface area contributed by atoms with E-state index in [1.54, 1.807) is 0 Å². The van der Waals surface area contributed by atoms with Crippen LogP contribution in [0.15, 0.2) is 18.3 Å². The first-order valence-electron chi connectivity index (χ1n) is 7.43. The predicted molar refractivity (Wildman–Crippen MR) is 76.4 cm³/mol. The minimum Gasteiger partial charge on any atom is -0.380 e. The third-order valence-electron chi connectivity index (χ3n) is 3.99. The van der Waals surface area contributed by atoms with Gasteiger partial charge < -0.3 is 15.0 Å². The molecule has 0 aliphatic carbocycles. The van der Waals surface area contributed by atoms with Gasteiger partial charge in [-0.25, -0.2) is 4.98 Å². The number of hydrogen-bond acceptors (Lipinski definition) is 4. The van der Waals surface area contributed by atoms with Gasteiger partial charge in [0.1, 0.15) is 5.82 Å². The lowest BCUT2D eigenvalue weighted by Crippen LogP contribution is -2.36. The Hall–Kier alpha value is -1.13. The Morgan fingerprint density at radius 2 is 2.16 bits per heavy atom. The van der Waals surface area contributed by atoms with Gasteiger partial charge in [-0.2, -0.15) is 0 Å². The molecule has 1 aromatic heterocycles.